The lowest BCUT2D eigenvalue weighted by Crippen LogP contribution is -2.75. The van der Waals surface area contributed by atoms with Crippen LogP contribution in [-0.4, -0.2) is 27.2 Å². The summed E-state index contributed by atoms with van der Waals surface area (Å²) in [5.74, 6) is 0.869. The van der Waals surface area contributed by atoms with E-state index in [9.17, 15) is 0 Å². The number of aromatic nitrogens is 4. The molecular weight excluding hydrogens is 725 g/mol. The fourth-order valence-corrected chi connectivity index (χ4v) is 14.1. The van der Waals surface area contributed by atoms with Crippen molar-refractivity contribution >= 4 is 94.5 Å². The van der Waals surface area contributed by atoms with Crippen molar-refractivity contribution in [3.8, 4) is 11.5 Å². The summed E-state index contributed by atoms with van der Waals surface area (Å²) in [4.78, 5) is 10.3. The van der Waals surface area contributed by atoms with Crippen molar-refractivity contribution in [1.82, 2.24) is 19.1 Å². The van der Waals surface area contributed by atoms with Crippen LogP contribution in [0.2, 0.25) is 0 Å². The number of furan rings is 1. The summed E-state index contributed by atoms with van der Waals surface area (Å²) < 4.78 is 11.1. The highest BCUT2D eigenvalue weighted by atomic mass is 28.3. The molecule has 0 atom stereocenters. The summed E-state index contributed by atoms with van der Waals surface area (Å²) in [5, 5.41) is 11.8. The zero-order chi connectivity index (χ0) is 38.2. The van der Waals surface area contributed by atoms with E-state index in [0.29, 0.717) is 0 Å². The Morgan fingerprint density at radius 3 is 1.79 bits per heavy atom. The number of fused-ring (bicyclic) bond motifs is 9. The Bertz CT molecular complexity index is 3440. The Hall–Kier alpha value is -7.54. The summed E-state index contributed by atoms with van der Waals surface area (Å²) in [5.41, 5.74) is 7.27. The number of nitrogens with zero attached hydrogens (tertiary/aromatic N) is 4. The van der Waals surface area contributed by atoms with E-state index in [2.05, 4.69) is 196 Å². The van der Waals surface area contributed by atoms with Gasteiger partial charge >= 0.3 is 0 Å². The third kappa shape index (κ3) is 4.70. The van der Waals surface area contributed by atoms with Crippen molar-refractivity contribution in [3.63, 3.8) is 0 Å². The average molecular weight is 759 g/mol. The number of para-hydroxylation sites is 3. The van der Waals surface area contributed by atoms with E-state index >= 15 is 0 Å². The molecule has 12 aromatic rings. The van der Waals surface area contributed by atoms with Gasteiger partial charge in [-0.2, -0.15) is 0 Å². The molecule has 5 aromatic heterocycles. The smallest absolute Gasteiger partial charge is 0.202 e. The molecule has 12 rings (SSSR count). The van der Waals surface area contributed by atoms with E-state index in [-0.39, 0.29) is 0 Å². The lowest BCUT2D eigenvalue weighted by Gasteiger charge is -2.34. The number of hydrogen-bond acceptors (Lipinski definition) is 3. The van der Waals surface area contributed by atoms with E-state index in [1.165, 1.54) is 31.7 Å². The fraction of sp³-hybridized carbons (Fsp3) is 0. The predicted octanol–water partition coefficient (Wildman–Crippen LogP) is 9.95. The largest absolute Gasteiger partial charge is 0.456 e. The predicted molar refractivity (Wildman–Crippen MR) is 242 cm³/mol. The third-order valence-corrected chi connectivity index (χ3v) is 16.6. The SMILES string of the molecule is c1ccc([Si](c2ccccc2)(c2cccc(-n3c4ccccc4c4cc5c(cc43)oc3ccccc35)c2)c2cccc(-n3c4ccccc4c4ccncc43)n2)cc1. The Morgan fingerprint density at radius 1 is 0.397 bits per heavy atom. The van der Waals surface area contributed by atoms with Gasteiger partial charge in [-0.05, 0) is 70.2 Å². The molecule has 0 unspecified atom stereocenters. The molecule has 0 amide bonds. The molecule has 0 spiro atoms. The molecule has 272 valence electrons. The highest BCUT2D eigenvalue weighted by molar-refractivity contribution is 7.19. The molecule has 5 heterocycles. The van der Waals surface area contributed by atoms with Gasteiger partial charge in [0.25, 0.3) is 0 Å². The highest BCUT2D eigenvalue weighted by Gasteiger charge is 2.43. The summed E-state index contributed by atoms with van der Waals surface area (Å²) in [6, 6.07) is 70.0. The van der Waals surface area contributed by atoms with E-state index in [4.69, 9.17) is 9.40 Å². The molecule has 0 saturated heterocycles. The van der Waals surface area contributed by atoms with E-state index in [1.807, 2.05) is 24.5 Å². The van der Waals surface area contributed by atoms with E-state index < -0.39 is 8.07 Å². The zero-order valence-corrected chi connectivity index (χ0v) is 32.3. The van der Waals surface area contributed by atoms with E-state index in [0.717, 1.165) is 66.2 Å². The van der Waals surface area contributed by atoms with Gasteiger partial charge < -0.3 is 8.98 Å². The van der Waals surface area contributed by atoms with Crippen LogP contribution in [0, 0.1) is 0 Å². The fourth-order valence-electron chi connectivity index (χ4n) is 9.49. The van der Waals surface area contributed by atoms with Crippen LogP contribution in [0.3, 0.4) is 0 Å². The van der Waals surface area contributed by atoms with Gasteiger partial charge in [0, 0.05) is 55.6 Å². The Balaban J connectivity index is 1.15. The van der Waals surface area contributed by atoms with Gasteiger partial charge in [0.1, 0.15) is 17.0 Å². The standard InChI is InChI=1S/C52H34N4OSi/c1-3-16-36(17-4-1)58(37-18-5-2-6-19-37,52-28-14-27-51(54-52)56-46-25-11-7-21-39(46)41-29-30-53-34-48(41)56)38-20-13-15-35(31-38)55-45-24-10-8-22-40(45)43-32-44-42-23-9-12-26-49(42)57-50(44)33-47(43)55/h1-34H. The molecule has 7 aromatic carbocycles. The quantitative estimate of drug-likeness (QED) is 0.125. The molecule has 5 nitrogen and oxygen atoms in total. The summed E-state index contributed by atoms with van der Waals surface area (Å²) in [6.07, 6.45) is 3.83. The average Bonchev–Trinajstić information content (AvgIpc) is 3.94. The Kier molecular flexibility index (Phi) is 7.18. The maximum atomic E-state index is 6.47. The van der Waals surface area contributed by atoms with Crippen molar-refractivity contribution in [1.29, 1.82) is 0 Å². The molecule has 0 aliphatic carbocycles. The highest BCUT2D eigenvalue weighted by Crippen LogP contribution is 2.38. The zero-order valence-electron chi connectivity index (χ0n) is 31.3. The molecule has 0 bridgehead atoms. The van der Waals surface area contributed by atoms with E-state index in [1.54, 1.807) is 0 Å². The van der Waals surface area contributed by atoms with Crippen molar-refractivity contribution in [3.05, 3.63) is 207 Å². The summed E-state index contributed by atoms with van der Waals surface area (Å²) in [7, 11) is -3.10. The lowest BCUT2D eigenvalue weighted by atomic mass is 10.1. The van der Waals surface area contributed by atoms with Crippen LogP contribution in [0.4, 0.5) is 0 Å². The van der Waals surface area contributed by atoms with Gasteiger partial charge in [-0.15, -0.1) is 0 Å². The maximum absolute atomic E-state index is 6.47. The molecule has 6 heteroatoms. The van der Waals surface area contributed by atoms with Gasteiger partial charge in [0.2, 0.25) is 8.07 Å². The van der Waals surface area contributed by atoms with Crippen LogP contribution in [0.25, 0.3) is 77.1 Å². The second kappa shape index (κ2) is 12.7. The maximum Gasteiger partial charge on any atom is 0.202 e. The first-order chi connectivity index (χ1) is 28.8. The molecule has 0 radical (unpaired) electrons. The minimum atomic E-state index is -3.10. The normalized spacial score (nSPS) is 12.1. The molecular formula is C52H34N4OSi. The summed E-state index contributed by atoms with van der Waals surface area (Å²) in [6.45, 7) is 0. The number of rotatable bonds is 6. The second-order valence-electron chi connectivity index (χ2n) is 15.0. The number of hydrogen-bond donors (Lipinski definition) is 0. The molecule has 0 N–H and O–H groups in total. The van der Waals surface area contributed by atoms with Crippen LogP contribution in [-0.2, 0) is 0 Å². The monoisotopic (exact) mass is 758 g/mol. The molecule has 0 fully saturated rings. The van der Waals surface area contributed by atoms with Crippen molar-refractivity contribution in [2.24, 2.45) is 0 Å². The lowest BCUT2D eigenvalue weighted by molar-refractivity contribution is 0.669. The topological polar surface area (TPSA) is 48.8 Å². The van der Waals surface area contributed by atoms with Crippen molar-refractivity contribution in [2.45, 2.75) is 0 Å². The first-order valence-corrected chi connectivity index (χ1v) is 21.6. The van der Waals surface area contributed by atoms with Crippen LogP contribution in [0.5, 0.6) is 0 Å². The van der Waals surface area contributed by atoms with Crippen molar-refractivity contribution < 1.29 is 4.42 Å². The van der Waals surface area contributed by atoms with Gasteiger partial charge in [0.15, 0.2) is 0 Å². The molecule has 58 heavy (non-hydrogen) atoms. The number of pyridine rings is 2. The minimum absolute atomic E-state index is 0.869. The van der Waals surface area contributed by atoms with Crippen LogP contribution >= 0.6 is 0 Å². The molecule has 0 saturated carbocycles. The Morgan fingerprint density at radius 2 is 1.02 bits per heavy atom. The second-order valence-corrected chi connectivity index (χ2v) is 18.7. The molecule has 0 aliphatic heterocycles. The first kappa shape index (κ1) is 32.7. The minimum Gasteiger partial charge on any atom is -0.456 e. The van der Waals surface area contributed by atoms with Crippen molar-refractivity contribution in [2.75, 3.05) is 0 Å². The first-order valence-electron chi connectivity index (χ1n) is 19.6. The Labute approximate surface area is 334 Å². The third-order valence-electron chi connectivity index (χ3n) is 11.9. The van der Waals surface area contributed by atoms with Crippen LogP contribution < -0.4 is 20.9 Å². The van der Waals surface area contributed by atoms with Gasteiger partial charge in [0.05, 0.1) is 28.3 Å². The van der Waals surface area contributed by atoms with Crippen LogP contribution in [0.15, 0.2) is 211 Å². The summed E-state index contributed by atoms with van der Waals surface area (Å²) >= 11 is 0. The van der Waals surface area contributed by atoms with Gasteiger partial charge in [-0.3, -0.25) is 9.55 Å². The molecule has 0 aliphatic rings. The van der Waals surface area contributed by atoms with Crippen LogP contribution in [0.1, 0.15) is 0 Å². The van der Waals surface area contributed by atoms with Gasteiger partial charge in [-0.25, -0.2) is 4.98 Å². The van der Waals surface area contributed by atoms with Gasteiger partial charge in [-0.1, -0.05) is 133 Å². The number of benzene rings is 7.